The number of amides is 1. The number of carbonyl (C=O) groups excluding carboxylic acids is 2. The number of esters is 1. The van der Waals surface area contributed by atoms with Crippen molar-refractivity contribution in [1.29, 1.82) is 0 Å². The highest BCUT2D eigenvalue weighted by atomic mass is 16.6. The minimum atomic E-state index is -0.408. The molecular formula is C25H31N3O3. The third-order valence-corrected chi connectivity index (χ3v) is 7.32. The Morgan fingerprint density at radius 3 is 2.61 bits per heavy atom. The fourth-order valence-corrected chi connectivity index (χ4v) is 5.56. The molecule has 2 aromatic rings. The third-order valence-electron chi connectivity index (χ3n) is 7.32. The molecule has 1 amide bonds. The van der Waals surface area contributed by atoms with E-state index < -0.39 is 5.41 Å². The van der Waals surface area contributed by atoms with E-state index in [2.05, 4.69) is 9.88 Å². The molecular weight excluding hydrogens is 390 g/mol. The zero-order chi connectivity index (χ0) is 21.6. The number of benzene rings is 1. The Morgan fingerprint density at radius 2 is 1.87 bits per heavy atom. The fraction of sp³-hybridized carbons (Fsp3) is 0.560. The van der Waals surface area contributed by atoms with Crippen LogP contribution in [0.4, 0.5) is 0 Å². The van der Waals surface area contributed by atoms with E-state index in [0.717, 1.165) is 48.2 Å². The smallest absolute Gasteiger partial charge is 0.312 e. The maximum atomic E-state index is 13.4. The summed E-state index contributed by atoms with van der Waals surface area (Å²) in [5, 5.41) is 0.896. The van der Waals surface area contributed by atoms with Crippen molar-refractivity contribution in [1.82, 2.24) is 14.8 Å². The maximum Gasteiger partial charge on any atom is 0.312 e. The maximum absolute atomic E-state index is 13.4. The van der Waals surface area contributed by atoms with Gasteiger partial charge in [-0.25, -0.2) is 0 Å². The predicted octanol–water partition coefficient (Wildman–Crippen LogP) is 3.49. The van der Waals surface area contributed by atoms with E-state index in [1.54, 1.807) is 0 Å². The van der Waals surface area contributed by atoms with Gasteiger partial charge in [0.25, 0.3) is 5.91 Å². The number of cyclic esters (lactones) is 1. The first kappa shape index (κ1) is 20.4. The van der Waals surface area contributed by atoms with E-state index in [9.17, 15) is 9.59 Å². The van der Waals surface area contributed by atoms with Gasteiger partial charge in [0.05, 0.1) is 16.5 Å². The van der Waals surface area contributed by atoms with Gasteiger partial charge < -0.3 is 9.64 Å². The molecule has 1 atom stereocenters. The average Bonchev–Trinajstić information content (AvgIpc) is 3.35. The molecule has 1 unspecified atom stereocenters. The number of hydrogen-bond acceptors (Lipinski definition) is 5. The van der Waals surface area contributed by atoms with Crippen molar-refractivity contribution in [2.45, 2.75) is 52.1 Å². The van der Waals surface area contributed by atoms with Gasteiger partial charge >= 0.3 is 5.97 Å². The third kappa shape index (κ3) is 3.82. The van der Waals surface area contributed by atoms with E-state index >= 15 is 0 Å². The number of carbonyl (C=O) groups is 2. The van der Waals surface area contributed by atoms with Gasteiger partial charge in [-0.3, -0.25) is 19.5 Å². The Balaban J connectivity index is 1.29. The van der Waals surface area contributed by atoms with E-state index in [0.29, 0.717) is 31.5 Å². The van der Waals surface area contributed by atoms with Crippen molar-refractivity contribution in [3.05, 3.63) is 41.1 Å². The van der Waals surface area contributed by atoms with Gasteiger partial charge in [-0.05, 0) is 70.3 Å². The van der Waals surface area contributed by atoms with Crippen LogP contribution in [-0.2, 0) is 9.53 Å². The molecule has 5 rings (SSSR count). The molecule has 0 bridgehead atoms. The van der Waals surface area contributed by atoms with E-state index in [-0.39, 0.29) is 18.0 Å². The number of hydrogen-bond donors (Lipinski definition) is 0. The average molecular weight is 422 g/mol. The number of ether oxygens (including phenoxy) is 1. The topological polar surface area (TPSA) is 62.7 Å². The Bertz CT molecular complexity index is 1010. The Labute approximate surface area is 183 Å². The van der Waals surface area contributed by atoms with Crippen LogP contribution in [0, 0.1) is 19.3 Å². The molecule has 0 N–H and O–H groups in total. The molecule has 3 aliphatic heterocycles. The van der Waals surface area contributed by atoms with Crippen molar-refractivity contribution in [3.8, 4) is 0 Å². The molecule has 0 radical (unpaired) electrons. The van der Waals surface area contributed by atoms with Gasteiger partial charge in [0, 0.05) is 37.1 Å². The van der Waals surface area contributed by atoms with Crippen LogP contribution in [0.2, 0.25) is 0 Å². The normalized spacial score (nSPS) is 23.6. The molecule has 3 fully saturated rings. The zero-order valence-corrected chi connectivity index (χ0v) is 18.5. The quantitative estimate of drug-likeness (QED) is 0.710. The van der Waals surface area contributed by atoms with Gasteiger partial charge in [-0.2, -0.15) is 0 Å². The minimum absolute atomic E-state index is 0.00267. The molecule has 0 saturated carbocycles. The number of likely N-dealkylation sites (tertiary alicyclic amines) is 2. The van der Waals surface area contributed by atoms with Crippen molar-refractivity contribution in [3.63, 3.8) is 0 Å². The molecule has 4 heterocycles. The summed E-state index contributed by atoms with van der Waals surface area (Å²) >= 11 is 0. The standard InChI is InChI=1S/C25H31N3O3/c1-17-5-6-20-21(14-18(2)26-22(20)13-17)23(29)28-11-7-25(8-12-28)15-19(31-24(25)30)16-27-9-3-4-10-27/h5-6,13-14,19H,3-4,7-12,15-16H2,1-2H3. The number of aromatic nitrogens is 1. The fourth-order valence-electron chi connectivity index (χ4n) is 5.56. The van der Waals surface area contributed by atoms with Crippen LogP contribution in [0.1, 0.15) is 53.7 Å². The lowest BCUT2D eigenvalue weighted by Gasteiger charge is -2.36. The van der Waals surface area contributed by atoms with Crippen LogP contribution >= 0.6 is 0 Å². The highest BCUT2D eigenvalue weighted by Gasteiger charge is 2.51. The van der Waals surface area contributed by atoms with Crippen molar-refractivity contribution in [2.24, 2.45) is 5.41 Å². The number of aryl methyl sites for hydroxylation is 2. The van der Waals surface area contributed by atoms with Gasteiger partial charge in [0.1, 0.15) is 6.10 Å². The molecule has 6 nitrogen and oxygen atoms in total. The molecule has 3 saturated heterocycles. The summed E-state index contributed by atoms with van der Waals surface area (Å²) in [6, 6.07) is 7.93. The van der Waals surface area contributed by atoms with E-state index in [1.807, 2.05) is 43.0 Å². The first-order valence-electron chi connectivity index (χ1n) is 11.5. The molecule has 1 aromatic carbocycles. The first-order valence-corrected chi connectivity index (χ1v) is 11.5. The Morgan fingerprint density at radius 1 is 1.13 bits per heavy atom. The van der Waals surface area contributed by atoms with Crippen molar-refractivity contribution < 1.29 is 14.3 Å². The number of rotatable bonds is 3. The van der Waals surface area contributed by atoms with Crippen molar-refractivity contribution in [2.75, 3.05) is 32.7 Å². The van der Waals surface area contributed by atoms with Crippen LogP contribution in [0.3, 0.4) is 0 Å². The molecule has 164 valence electrons. The largest absolute Gasteiger partial charge is 0.461 e. The zero-order valence-electron chi connectivity index (χ0n) is 18.5. The van der Waals surface area contributed by atoms with E-state index in [4.69, 9.17) is 4.74 Å². The molecule has 1 spiro atoms. The second-order valence-electron chi connectivity index (χ2n) is 9.64. The minimum Gasteiger partial charge on any atom is -0.461 e. The van der Waals surface area contributed by atoms with Crippen LogP contribution in [0.25, 0.3) is 10.9 Å². The van der Waals surface area contributed by atoms with Gasteiger partial charge in [0.2, 0.25) is 0 Å². The summed E-state index contributed by atoms with van der Waals surface area (Å²) in [6.07, 6.45) is 4.66. The predicted molar refractivity (Wildman–Crippen MR) is 119 cm³/mol. The monoisotopic (exact) mass is 421 g/mol. The van der Waals surface area contributed by atoms with Gasteiger partial charge in [-0.1, -0.05) is 12.1 Å². The summed E-state index contributed by atoms with van der Waals surface area (Å²) < 4.78 is 5.79. The highest BCUT2D eigenvalue weighted by molar-refractivity contribution is 6.06. The summed E-state index contributed by atoms with van der Waals surface area (Å²) in [5.41, 5.74) is 3.14. The second-order valence-corrected chi connectivity index (χ2v) is 9.64. The SMILES string of the molecule is Cc1ccc2c(C(=O)N3CCC4(CC3)CC(CN3CCCC3)OC4=O)cc(C)nc2c1. The Kier molecular flexibility index (Phi) is 5.21. The molecule has 1 aromatic heterocycles. The summed E-state index contributed by atoms with van der Waals surface area (Å²) in [4.78, 5) is 35.1. The van der Waals surface area contributed by atoms with Crippen molar-refractivity contribution >= 4 is 22.8 Å². The van der Waals surface area contributed by atoms with Crippen LogP contribution in [0.5, 0.6) is 0 Å². The lowest BCUT2D eigenvalue weighted by Crippen LogP contribution is -2.45. The number of nitrogens with zero attached hydrogens (tertiary/aromatic N) is 3. The summed E-state index contributed by atoms with van der Waals surface area (Å²) in [5.74, 6) is -0.0151. The van der Waals surface area contributed by atoms with Crippen LogP contribution in [-0.4, -0.2) is 65.5 Å². The first-order chi connectivity index (χ1) is 14.9. The van der Waals surface area contributed by atoms with Gasteiger partial charge in [-0.15, -0.1) is 0 Å². The lowest BCUT2D eigenvalue weighted by molar-refractivity contribution is -0.150. The number of piperidine rings is 1. The van der Waals surface area contributed by atoms with E-state index in [1.165, 1.54) is 12.8 Å². The second kappa shape index (κ2) is 7.90. The van der Waals surface area contributed by atoms with Crippen LogP contribution in [0.15, 0.2) is 24.3 Å². The molecule has 31 heavy (non-hydrogen) atoms. The molecule has 3 aliphatic rings. The van der Waals surface area contributed by atoms with Crippen LogP contribution < -0.4 is 0 Å². The lowest BCUT2D eigenvalue weighted by atomic mass is 9.76. The summed E-state index contributed by atoms with van der Waals surface area (Å²) in [7, 11) is 0. The van der Waals surface area contributed by atoms with Gasteiger partial charge in [0.15, 0.2) is 0 Å². The summed E-state index contributed by atoms with van der Waals surface area (Å²) in [6.45, 7) is 8.24. The number of fused-ring (bicyclic) bond motifs is 1. The molecule has 6 heteroatoms. The Hall–Kier alpha value is -2.47. The number of pyridine rings is 1. The molecule has 0 aliphatic carbocycles. The highest BCUT2D eigenvalue weighted by Crippen LogP contribution is 2.43.